The maximum atomic E-state index is 12.2. The van der Waals surface area contributed by atoms with Gasteiger partial charge in [0, 0.05) is 6.20 Å². The van der Waals surface area contributed by atoms with Gasteiger partial charge in [-0.05, 0) is 25.5 Å². The summed E-state index contributed by atoms with van der Waals surface area (Å²) in [7, 11) is 0. The number of hydrogen-bond acceptors (Lipinski definition) is 3. The number of nitrogens with zero attached hydrogens (tertiary/aromatic N) is 1. The Morgan fingerprint density at radius 3 is 2.58 bits per heavy atom. The maximum absolute atomic E-state index is 12.2. The van der Waals surface area contributed by atoms with Crippen molar-refractivity contribution in [3.05, 3.63) is 61.4 Å². The van der Waals surface area contributed by atoms with E-state index in [2.05, 4.69) is 4.98 Å². The van der Waals surface area contributed by atoms with Crippen LogP contribution in [0, 0.1) is 6.92 Å². The molecule has 0 unspecified atom stereocenters. The third-order valence-corrected chi connectivity index (χ3v) is 3.07. The van der Waals surface area contributed by atoms with Gasteiger partial charge in [0.05, 0.1) is 16.3 Å². The second-order valence-electron chi connectivity index (χ2n) is 4.11. The number of aromatic amines is 1. The van der Waals surface area contributed by atoms with E-state index in [1.165, 1.54) is 6.92 Å². The molecule has 0 saturated carbocycles. The number of nitrogens with one attached hydrogen (secondary N) is 1. The molecule has 98 valence electrons. The molecule has 0 spiro atoms. The van der Waals surface area contributed by atoms with E-state index in [4.69, 9.17) is 11.6 Å². The summed E-state index contributed by atoms with van der Waals surface area (Å²) in [6.07, 6.45) is 1.12. The van der Waals surface area contributed by atoms with Gasteiger partial charge in [-0.2, -0.15) is 0 Å². The molecule has 1 aromatic carbocycles. The predicted molar refractivity (Wildman–Crippen MR) is 72.4 cm³/mol. The lowest BCUT2D eigenvalue weighted by molar-refractivity contribution is 0.101. The van der Waals surface area contributed by atoms with Gasteiger partial charge in [-0.3, -0.25) is 9.59 Å². The second-order valence-corrected chi connectivity index (χ2v) is 4.52. The summed E-state index contributed by atoms with van der Waals surface area (Å²) >= 11 is 6.04. The van der Waals surface area contributed by atoms with E-state index in [-0.39, 0.29) is 10.6 Å². The van der Waals surface area contributed by atoms with Crippen LogP contribution in [0.4, 0.5) is 0 Å². The van der Waals surface area contributed by atoms with E-state index in [0.717, 1.165) is 10.8 Å². The molecule has 0 aliphatic rings. The lowest BCUT2D eigenvalue weighted by Crippen LogP contribution is -2.37. The second kappa shape index (κ2) is 4.85. The Kier molecular flexibility index (Phi) is 3.40. The fourth-order valence-corrected chi connectivity index (χ4v) is 2.14. The number of H-pyrrole nitrogens is 1. The fraction of sp³-hybridized carbons (Fsp3) is 0.154. The van der Waals surface area contributed by atoms with Crippen LogP contribution in [-0.2, 0) is 0 Å². The van der Waals surface area contributed by atoms with Gasteiger partial charge in [0.25, 0.3) is 5.56 Å². The van der Waals surface area contributed by atoms with Crippen LogP contribution in [0.3, 0.4) is 0 Å². The zero-order valence-electron chi connectivity index (χ0n) is 10.4. The van der Waals surface area contributed by atoms with Crippen molar-refractivity contribution < 1.29 is 4.79 Å². The molecule has 0 fully saturated rings. The van der Waals surface area contributed by atoms with Crippen LogP contribution in [0.1, 0.15) is 22.8 Å². The number of halogens is 1. The summed E-state index contributed by atoms with van der Waals surface area (Å²) in [6.45, 7) is 2.99. The van der Waals surface area contributed by atoms with Gasteiger partial charge < -0.3 is 4.98 Å². The van der Waals surface area contributed by atoms with E-state index in [9.17, 15) is 14.4 Å². The largest absolute Gasteiger partial charge is 0.333 e. The highest BCUT2D eigenvalue weighted by atomic mass is 35.5. The van der Waals surface area contributed by atoms with Gasteiger partial charge in [-0.1, -0.05) is 23.7 Å². The van der Waals surface area contributed by atoms with Crippen molar-refractivity contribution in [3.8, 4) is 5.69 Å². The number of Topliss-reactive ketones (excluding diaryl/α,β-unsaturated/α-hetero) is 1. The molecule has 0 aliphatic heterocycles. The Labute approximate surface area is 113 Å². The summed E-state index contributed by atoms with van der Waals surface area (Å²) in [5, 5.41) is 0.272. The molecular formula is C13H11ClN2O3. The van der Waals surface area contributed by atoms with Crippen LogP contribution >= 0.6 is 11.6 Å². The van der Waals surface area contributed by atoms with Gasteiger partial charge >= 0.3 is 5.69 Å². The molecule has 1 N–H and O–H groups in total. The Bertz CT molecular complexity index is 754. The molecule has 2 rings (SSSR count). The predicted octanol–water partition coefficient (Wildman–Crippen LogP) is 1.69. The molecule has 6 heteroatoms. The molecule has 0 saturated heterocycles. The first-order valence-electron chi connectivity index (χ1n) is 5.54. The summed E-state index contributed by atoms with van der Waals surface area (Å²) in [5.41, 5.74) is -0.433. The minimum absolute atomic E-state index is 0.0843. The zero-order chi connectivity index (χ0) is 14.2. The highest BCUT2D eigenvalue weighted by molar-refractivity contribution is 6.32. The number of para-hydroxylation sites is 1. The number of ketones is 1. The highest BCUT2D eigenvalue weighted by Crippen LogP contribution is 2.21. The van der Waals surface area contributed by atoms with Crippen molar-refractivity contribution in [2.75, 3.05) is 0 Å². The number of rotatable bonds is 2. The van der Waals surface area contributed by atoms with Gasteiger partial charge in [0.1, 0.15) is 0 Å². The molecular weight excluding hydrogens is 268 g/mol. The maximum Gasteiger partial charge on any atom is 0.333 e. The topological polar surface area (TPSA) is 71.9 Å². The zero-order valence-corrected chi connectivity index (χ0v) is 11.1. The van der Waals surface area contributed by atoms with Crippen LogP contribution in [0.5, 0.6) is 0 Å². The first-order valence-corrected chi connectivity index (χ1v) is 5.92. The summed E-state index contributed by atoms with van der Waals surface area (Å²) in [6, 6.07) is 5.03. The third-order valence-electron chi connectivity index (χ3n) is 2.77. The molecule has 0 radical (unpaired) electrons. The smallest absolute Gasteiger partial charge is 0.313 e. The molecule has 0 bridgehead atoms. The molecule has 0 atom stereocenters. The monoisotopic (exact) mass is 278 g/mol. The van der Waals surface area contributed by atoms with Crippen molar-refractivity contribution >= 4 is 17.4 Å². The van der Waals surface area contributed by atoms with E-state index >= 15 is 0 Å². The molecule has 1 aromatic heterocycles. The van der Waals surface area contributed by atoms with E-state index in [1.807, 2.05) is 0 Å². The summed E-state index contributed by atoms with van der Waals surface area (Å²) in [4.78, 5) is 37.8. The Hall–Kier alpha value is -2.14. The Morgan fingerprint density at radius 2 is 2.00 bits per heavy atom. The summed E-state index contributed by atoms with van der Waals surface area (Å²) < 4.78 is 0.883. The lowest BCUT2D eigenvalue weighted by atomic mass is 10.2. The number of carbonyl (C=O) groups excluding carboxylic acids is 1. The standard InChI is InChI=1S/C13H11ClN2O3/c1-7-4-3-5-10(14)11(7)16-12(18)9(8(2)17)6-15-13(16)19/h3-6H,1-2H3,(H,15,19). The normalized spacial score (nSPS) is 10.5. The molecule has 1 heterocycles. The third kappa shape index (κ3) is 2.24. The van der Waals surface area contributed by atoms with Crippen molar-refractivity contribution in [2.24, 2.45) is 0 Å². The number of hydrogen-bond donors (Lipinski definition) is 1. The van der Waals surface area contributed by atoms with Crippen LogP contribution in [0.15, 0.2) is 34.0 Å². The minimum atomic E-state index is -0.674. The van der Waals surface area contributed by atoms with E-state index in [0.29, 0.717) is 11.3 Å². The van der Waals surface area contributed by atoms with Crippen LogP contribution < -0.4 is 11.2 Å². The molecule has 5 nitrogen and oxygen atoms in total. The SMILES string of the molecule is CC(=O)c1c[nH]c(=O)n(-c2c(C)cccc2Cl)c1=O. The average Bonchev–Trinajstić information content (AvgIpc) is 2.32. The van der Waals surface area contributed by atoms with Crippen molar-refractivity contribution in [2.45, 2.75) is 13.8 Å². The van der Waals surface area contributed by atoms with Crippen LogP contribution in [-0.4, -0.2) is 15.3 Å². The fourth-order valence-electron chi connectivity index (χ4n) is 1.83. The highest BCUT2D eigenvalue weighted by Gasteiger charge is 2.15. The number of carbonyl (C=O) groups is 1. The average molecular weight is 279 g/mol. The first kappa shape index (κ1) is 13.3. The summed E-state index contributed by atoms with van der Waals surface area (Å²) in [5.74, 6) is -0.417. The van der Waals surface area contributed by atoms with Crippen molar-refractivity contribution in [1.82, 2.24) is 9.55 Å². The molecule has 0 aliphatic carbocycles. The lowest BCUT2D eigenvalue weighted by Gasteiger charge is -2.10. The van der Waals surface area contributed by atoms with Crippen molar-refractivity contribution in [3.63, 3.8) is 0 Å². The first-order chi connectivity index (χ1) is 8.93. The Morgan fingerprint density at radius 1 is 1.32 bits per heavy atom. The number of benzene rings is 1. The van der Waals surface area contributed by atoms with Crippen molar-refractivity contribution in [1.29, 1.82) is 0 Å². The Balaban J connectivity index is 2.91. The van der Waals surface area contributed by atoms with E-state index < -0.39 is 17.0 Å². The van der Waals surface area contributed by atoms with Crippen LogP contribution in [0.2, 0.25) is 5.02 Å². The van der Waals surface area contributed by atoms with Gasteiger partial charge in [0.15, 0.2) is 5.78 Å². The minimum Gasteiger partial charge on any atom is -0.313 e. The van der Waals surface area contributed by atoms with Gasteiger partial charge in [-0.15, -0.1) is 0 Å². The number of aromatic nitrogens is 2. The van der Waals surface area contributed by atoms with Crippen LogP contribution in [0.25, 0.3) is 5.69 Å². The van der Waals surface area contributed by atoms with Gasteiger partial charge in [0.2, 0.25) is 0 Å². The molecule has 19 heavy (non-hydrogen) atoms. The molecule has 2 aromatic rings. The quantitative estimate of drug-likeness (QED) is 0.850. The molecule has 0 amide bonds. The number of aryl methyl sites for hydroxylation is 1. The van der Waals surface area contributed by atoms with Gasteiger partial charge in [-0.25, -0.2) is 9.36 Å². The van der Waals surface area contributed by atoms with E-state index in [1.54, 1.807) is 25.1 Å².